The largest absolute Gasteiger partial charge is 0.497 e. The van der Waals surface area contributed by atoms with Crippen LogP contribution in [-0.2, 0) is 30.0 Å². The maximum Gasteiger partial charge on any atom is 0.416 e. The summed E-state index contributed by atoms with van der Waals surface area (Å²) in [6, 6.07) is 11.7. The summed E-state index contributed by atoms with van der Waals surface area (Å²) in [5.74, 6) is -5.30. The van der Waals surface area contributed by atoms with Gasteiger partial charge in [0.2, 0.25) is 0 Å². The van der Waals surface area contributed by atoms with Crippen LogP contribution in [0.3, 0.4) is 0 Å². The summed E-state index contributed by atoms with van der Waals surface area (Å²) >= 11 is 0. The van der Waals surface area contributed by atoms with Crippen LogP contribution in [-0.4, -0.2) is 38.0 Å². The van der Waals surface area contributed by atoms with Crippen LogP contribution in [0.4, 0.5) is 13.2 Å². The van der Waals surface area contributed by atoms with Crippen LogP contribution in [0, 0.1) is 5.92 Å². The van der Waals surface area contributed by atoms with Gasteiger partial charge in [0.1, 0.15) is 11.7 Å². The fourth-order valence-electron chi connectivity index (χ4n) is 5.52. The van der Waals surface area contributed by atoms with Gasteiger partial charge in [0.25, 0.3) is 0 Å². The van der Waals surface area contributed by atoms with Crippen LogP contribution >= 0.6 is 0 Å². The number of halogens is 3. The third-order valence-electron chi connectivity index (χ3n) is 7.15. The van der Waals surface area contributed by atoms with E-state index in [-0.39, 0.29) is 42.0 Å². The molecule has 0 saturated carbocycles. The molecular formula is C30H30F3NO6. The van der Waals surface area contributed by atoms with Crippen molar-refractivity contribution in [2.75, 3.05) is 20.3 Å². The SMILES string of the molecule is CCOC(=O)C1=C(C)NC2=C(C(=O)[C@H](C(=O)OCC)[C@H](c3cccc(OC)c3)C2)[C@H]1c1ccccc1C(F)(F)F. The molecule has 10 heteroatoms. The second-order valence-corrected chi connectivity index (χ2v) is 9.48. The van der Waals surface area contributed by atoms with Crippen molar-refractivity contribution in [3.05, 3.63) is 87.8 Å². The Balaban J connectivity index is 1.97. The highest BCUT2D eigenvalue weighted by Gasteiger charge is 2.50. The lowest BCUT2D eigenvalue weighted by atomic mass is 9.66. The van der Waals surface area contributed by atoms with Crippen LogP contribution in [0.2, 0.25) is 0 Å². The number of esters is 2. The number of Topliss-reactive ketones (excluding diaryl/α,β-unsaturated/α-hetero) is 1. The van der Waals surface area contributed by atoms with E-state index in [1.165, 1.54) is 25.3 Å². The summed E-state index contributed by atoms with van der Waals surface area (Å²) in [6.45, 7) is 4.72. The van der Waals surface area contributed by atoms with Crippen LogP contribution in [0.1, 0.15) is 55.7 Å². The molecule has 0 radical (unpaired) electrons. The van der Waals surface area contributed by atoms with Crippen LogP contribution in [0.25, 0.3) is 0 Å². The van der Waals surface area contributed by atoms with Gasteiger partial charge in [-0.3, -0.25) is 9.59 Å². The number of alkyl halides is 3. The molecule has 1 aliphatic heterocycles. The highest BCUT2D eigenvalue weighted by molar-refractivity contribution is 6.13. The van der Waals surface area contributed by atoms with Gasteiger partial charge in [-0.05, 0) is 56.5 Å². The van der Waals surface area contributed by atoms with E-state index < -0.39 is 47.2 Å². The number of hydrogen-bond acceptors (Lipinski definition) is 7. The zero-order valence-corrected chi connectivity index (χ0v) is 22.6. The quantitative estimate of drug-likeness (QED) is 0.359. The Labute approximate surface area is 230 Å². The number of ketones is 1. The van der Waals surface area contributed by atoms with Gasteiger partial charge in [0.05, 0.1) is 31.5 Å². The number of hydrogen-bond donors (Lipinski definition) is 1. The molecule has 0 spiro atoms. The minimum absolute atomic E-state index is 0.00498. The standard InChI is InChI=1S/C30H30F3NO6/c1-5-39-28(36)23-16(3)34-22-15-20(17-10-9-11-18(14-17)38-4)25(29(37)40-6-2)27(35)26(22)24(23)19-12-7-8-13-21(19)30(31,32)33/h7-14,20,24-25,34H,5-6,15H2,1-4H3/t20-,24-,25+/m0/s1. The normalized spacial score (nSPS) is 21.0. The predicted octanol–water partition coefficient (Wildman–Crippen LogP) is 5.43. The zero-order chi connectivity index (χ0) is 29.2. The highest BCUT2D eigenvalue weighted by Crippen LogP contribution is 2.50. The first-order valence-electron chi connectivity index (χ1n) is 12.9. The molecule has 0 fully saturated rings. The first-order valence-corrected chi connectivity index (χ1v) is 12.9. The Hall–Kier alpha value is -4.08. The third kappa shape index (κ3) is 5.35. The number of rotatable bonds is 7. The molecule has 3 atom stereocenters. The molecule has 7 nitrogen and oxygen atoms in total. The van der Waals surface area contributed by atoms with Gasteiger partial charge in [-0.1, -0.05) is 30.3 Å². The maximum atomic E-state index is 14.3. The summed E-state index contributed by atoms with van der Waals surface area (Å²) in [5.41, 5.74) is -0.224. The third-order valence-corrected chi connectivity index (χ3v) is 7.15. The molecule has 4 rings (SSSR count). The molecule has 212 valence electrons. The Kier molecular flexibility index (Phi) is 8.37. The van der Waals surface area contributed by atoms with Crippen molar-refractivity contribution in [3.8, 4) is 5.75 Å². The maximum absolute atomic E-state index is 14.3. The van der Waals surface area contributed by atoms with Crippen molar-refractivity contribution in [2.24, 2.45) is 5.92 Å². The number of carbonyl (C=O) groups is 3. The van der Waals surface area contributed by atoms with Crippen molar-refractivity contribution in [2.45, 2.75) is 45.2 Å². The highest BCUT2D eigenvalue weighted by atomic mass is 19.4. The van der Waals surface area contributed by atoms with Crippen molar-refractivity contribution >= 4 is 17.7 Å². The molecule has 1 heterocycles. The lowest BCUT2D eigenvalue weighted by Gasteiger charge is -2.40. The number of nitrogens with one attached hydrogen (secondary N) is 1. The summed E-state index contributed by atoms with van der Waals surface area (Å²) in [7, 11) is 1.49. The number of methoxy groups -OCH3 is 1. The predicted molar refractivity (Wildman–Crippen MR) is 139 cm³/mol. The number of carbonyl (C=O) groups excluding carboxylic acids is 3. The molecule has 40 heavy (non-hydrogen) atoms. The summed E-state index contributed by atoms with van der Waals surface area (Å²) in [5, 5.41) is 3.09. The smallest absolute Gasteiger partial charge is 0.416 e. The van der Waals surface area contributed by atoms with E-state index in [2.05, 4.69) is 5.32 Å². The number of dihydropyridines is 1. The molecule has 0 unspecified atom stereocenters. The molecule has 2 aromatic carbocycles. The molecule has 1 aliphatic carbocycles. The molecule has 2 aliphatic rings. The number of benzene rings is 2. The summed E-state index contributed by atoms with van der Waals surface area (Å²) in [4.78, 5) is 40.7. The van der Waals surface area contributed by atoms with Crippen LogP contribution in [0.15, 0.2) is 71.1 Å². The summed E-state index contributed by atoms with van der Waals surface area (Å²) in [6.07, 6.45) is -4.66. The Morgan fingerprint density at radius 3 is 2.38 bits per heavy atom. The van der Waals surface area contributed by atoms with Crippen molar-refractivity contribution in [3.63, 3.8) is 0 Å². The van der Waals surface area contributed by atoms with E-state index in [0.717, 1.165) is 6.07 Å². The Morgan fingerprint density at radius 1 is 1.02 bits per heavy atom. The average molecular weight is 558 g/mol. The molecule has 1 N–H and O–H groups in total. The number of allylic oxidation sites excluding steroid dienone is 3. The van der Waals surface area contributed by atoms with Gasteiger partial charge < -0.3 is 19.5 Å². The van der Waals surface area contributed by atoms with Gasteiger partial charge in [0, 0.05) is 28.8 Å². The zero-order valence-electron chi connectivity index (χ0n) is 22.6. The molecule has 0 saturated heterocycles. The van der Waals surface area contributed by atoms with Gasteiger partial charge in [-0.15, -0.1) is 0 Å². The Morgan fingerprint density at radius 2 is 1.73 bits per heavy atom. The molecule has 2 aromatic rings. The van der Waals surface area contributed by atoms with Crippen molar-refractivity contribution < 1.29 is 41.8 Å². The second kappa shape index (κ2) is 11.6. The lowest BCUT2D eigenvalue weighted by Crippen LogP contribution is -2.43. The Bertz CT molecular complexity index is 1390. The minimum Gasteiger partial charge on any atom is -0.497 e. The fourth-order valence-corrected chi connectivity index (χ4v) is 5.52. The summed E-state index contributed by atoms with van der Waals surface area (Å²) < 4.78 is 58.5. The van der Waals surface area contributed by atoms with Crippen molar-refractivity contribution in [1.82, 2.24) is 5.32 Å². The lowest BCUT2D eigenvalue weighted by molar-refractivity contribution is -0.152. The molecule has 0 amide bonds. The van der Waals surface area contributed by atoms with E-state index in [0.29, 0.717) is 17.0 Å². The monoisotopic (exact) mass is 557 g/mol. The van der Waals surface area contributed by atoms with Gasteiger partial charge in [0.15, 0.2) is 5.78 Å². The van der Waals surface area contributed by atoms with E-state index >= 15 is 0 Å². The van der Waals surface area contributed by atoms with E-state index in [1.807, 2.05) is 0 Å². The van der Waals surface area contributed by atoms with Gasteiger partial charge >= 0.3 is 18.1 Å². The first-order chi connectivity index (χ1) is 19.0. The van der Waals surface area contributed by atoms with E-state index in [1.54, 1.807) is 45.0 Å². The van der Waals surface area contributed by atoms with Crippen molar-refractivity contribution in [1.29, 1.82) is 0 Å². The van der Waals surface area contributed by atoms with Gasteiger partial charge in [-0.2, -0.15) is 13.2 Å². The first kappa shape index (κ1) is 28.9. The van der Waals surface area contributed by atoms with Crippen LogP contribution < -0.4 is 10.1 Å². The topological polar surface area (TPSA) is 90.9 Å². The molecule has 0 aromatic heterocycles. The van der Waals surface area contributed by atoms with E-state index in [9.17, 15) is 27.6 Å². The van der Waals surface area contributed by atoms with E-state index in [4.69, 9.17) is 14.2 Å². The number of ether oxygens (including phenoxy) is 3. The van der Waals surface area contributed by atoms with Crippen LogP contribution in [0.5, 0.6) is 5.75 Å². The fraction of sp³-hybridized carbons (Fsp3) is 0.367. The molecule has 0 bridgehead atoms. The van der Waals surface area contributed by atoms with Gasteiger partial charge in [-0.25, -0.2) is 4.79 Å². The minimum atomic E-state index is -4.77. The average Bonchev–Trinajstić information content (AvgIpc) is 2.91. The molecular weight excluding hydrogens is 527 g/mol. The second-order valence-electron chi connectivity index (χ2n) is 9.48.